The molecule has 0 radical (unpaired) electrons. The number of nitro benzene ring substituents is 1. The first kappa shape index (κ1) is 31.3. The standard InChI is InChI=1S/C28H26ClN3O10S/c1-5-40-20-10-15(7-8-19(20)42-13-22(33)39-4)24-23(27(36)41-6-2)14(3)30-28-31(24)26(35)21(43-28)11-16-9-17(29)12-18(25(16)34)32(37)38/h7-12,24,34H,5-6,13H2,1-4H3/b21-11-/t24-/m0/s1. The molecule has 3 aromatic rings. The van der Waals surface area contributed by atoms with Gasteiger partial charge in [-0.1, -0.05) is 29.0 Å². The van der Waals surface area contributed by atoms with Crippen LogP contribution in [0.25, 0.3) is 6.08 Å². The number of carbonyl (C=O) groups excluding carboxylic acids is 2. The van der Waals surface area contributed by atoms with E-state index in [9.17, 15) is 29.6 Å². The van der Waals surface area contributed by atoms with E-state index in [2.05, 4.69) is 9.73 Å². The number of benzene rings is 2. The minimum absolute atomic E-state index is 0.0141. The zero-order valence-corrected chi connectivity index (χ0v) is 25.0. The Kier molecular flexibility index (Phi) is 9.51. The SMILES string of the molecule is CCOC(=O)C1=C(C)N=c2s/c(=C\c3cc(Cl)cc([N+](=O)[O-])c3O)c(=O)n2[C@H]1c1ccc(OCC(=O)OC)c(OCC)c1. The Morgan fingerprint density at radius 3 is 2.58 bits per heavy atom. The van der Waals surface area contributed by atoms with Gasteiger partial charge in [-0.05, 0) is 50.6 Å². The summed E-state index contributed by atoms with van der Waals surface area (Å²) in [4.78, 5) is 54.0. The monoisotopic (exact) mass is 631 g/mol. The van der Waals surface area contributed by atoms with E-state index in [0.29, 0.717) is 11.3 Å². The number of phenolic OH excluding ortho intramolecular Hbond substituents is 1. The van der Waals surface area contributed by atoms with Crippen molar-refractivity contribution in [1.82, 2.24) is 4.57 Å². The lowest BCUT2D eigenvalue weighted by molar-refractivity contribution is -0.385. The van der Waals surface area contributed by atoms with Crippen molar-refractivity contribution in [3.05, 3.63) is 87.6 Å². The second-order valence-electron chi connectivity index (χ2n) is 8.93. The molecule has 43 heavy (non-hydrogen) atoms. The van der Waals surface area contributed by atoms with E-state index in [4.69, 9.17) is 25.8 Å². The van der Waals surface area contributed by atoms with Gasteiger partial charge in [-0.15, -0.1) is 0 Å². The van der Waals surface area contributed by atoms with Crippen molar-refractivity contribution in [3.8, 4) is 17.2 Å². The number of phenols is 1. The highest BCUT2D eigenvalue weighted by Crippen LogP contribution is 2.37. The largest absolute Gasteiger partial charge is 0.502 e. The van der Waals surface area contributed by atoms with Crippen molar-refractivity contribution in [2.45, 2.75) is 26.8 Å². The molecule has 0 spiro atoms. The number of hydrogen-bond donors (Lipinski definition) is 1. The van der Waals surface area contributed by atoms with Gasteiger partial charge in [0.05, 0.1) is 47.1 Å². The number of carbonyl (C=O) groups is 2. The number of ether oxygens (including phenoxy) is 4. The maximum absolute atomic E-state index is 13.9. The molecule has 0 unspecified atom stereocenters. The summed E-state index contributed by atoms with van der Waals surface area (Å²) in [6.07, 6.45) is 1.27. The third kappa shape index (κ3) is 6.39. The van der Waals surface area contributed by atoms with Crippen LogP contribution in [0.5, 0.6) is 17.2 Å². The molecule has 0 aliphatic carbocycles. The molecule has 2 aromatic carbocycles. The first-order valence-corrected chi connectivity index (χ1v) is 14.0. The Morgan fingerprint density at radius 1 is 1.19 bits per heavy atom. The van der Waals surface area contributed by atoms with Crippen LogP contribution in [0.4, 0.5) is 5.69 Å². The molecule has 0 bridgehead atoms. The molecule has 0 fully saturated rings. The van der Waals surface area contributed by atoms with Crippen LogP contribution in [-0.2, 0) is 19.1 Å². The summed E-state index contributed by atoms with van der Waals surface area (Å²) in [5, 5.41) is 21.9. The number of thiazole rings is 1. The normalized spacial score (nSPS) is 14.5. The summed E-state index contributed by atoms with van der Waals surface area (Å²) in [7, 11) is 1.23. The molecule has 1 aromatic heterocycles. The molecule has 1 aliphatic heterocycles. The number of rotatable bonds is 10. The first-order chi connectivity index (χ1) is 20.5. The minimum atomic E-state index is -1.02. The van der Waals surface area contributed by atoms with Crippen LogP contribution in [0.2, 0.25) is 5.02 Å². The highest BCUT2D eigenvalue weighted by atomic mass is 35.5. The molecule has 0 amide bonds. The Bertz CT molecular complexity index is 1830. The quantitative estimate of drug-likeness (QED) is 0.199. The molecular formula is C28H26ClN3O10S. The average Bonchev–Trinajstić information content (AvgIpc) is 3.27. The van der Waals surface area contributed by atoms with Gasteiger partial charge in [-0.2, -0.15) is 0 Å². The summed E-state index contributed by atoms with van der Waals surface area (Å²) in [5.41, 5.74) is -0.403. The van der Waals surface area contributed by atoms with Crippen molar-refractivity contribution >= 4 is 46.6 Å². The predicted molar refractivity (Wildman–Crippen MR) is 155 cm³/mol. The van der Waals surface area contributed by atoms with Gasteiger partial charge in [0, 0.05) is 16.7 Å². The van der Waals surface area contributed by atoms with E-state index in [1.54, 1.807) is 39.0 Å². The molecule has 226 valence electrons. The van der Waals surface area contributed by atoms with Crippen molar-refractivity contribution in [3.63, 3.8) is 0 Å². The molecule has 1 aliphatic rings. The van der Waals surface area contributed by atoms with Crippen molar-refractivity contribution in [2.24, 2.45) is 4.99 Å². The van der Waals surface area contributed by atoms with Gasteiger partial charge in [0.25, 0.3) is 5.56 Å². The average molecular weight is 632 g/mol. The highest BCUT2D eigenvalue weighted by Gasteiger charge is 2.34. The summed E-state index contributed by atoms with van der Waals surface area (Å²) in [6.45, 7) is 4.96. The number of halogens is 1. The topological polar surface area (TPSA) is 169 Å². The van der Waals surface area contributed by atoms with E-state index in [1.165, 1.54) is 23.8 Å². The van der Waals surface area contributed by atoms with Gasteiger partial charge in [-0.25, -0.2) is 14.6 Å². The van der Waals surface area contributed by atoms with Gasteiger partial charge in [0.1, 0.15) is 0 Å². The third-order valence-electron chi connectivity index (χ3n) is 6.24. The van der Waals surface area contributed by atoms with Gasteiger partial charge >= 0.3 is 17.6 Å². The molecule has 1 N–H and O–H groups in total. The molecule has 4 rings (SSSR count). The van der Waals surface area contributed by atoms with Crippen molar-refractivity contribution < 1.29 is 38.6 Å². The highest BCUT2D eigenvalue weighted by molar-refractivity contribution is 7.07. The number of aromatic nitrogens is 1. The van der Waals surface area contributed by atoms with E-state index in [0.717, 1.165) is 17.4 Å². The van der Waals surface area contributed by atoms with Gasteiger partial charge in [-0.3, -0.25) is 19.5 Å². The summed E-state index contributed by atoms with van der Waals surface area (Å²) >= 11 is 7.00. The van der Waals surface area contributed by atoms with Crippen LogP contribution in [0.1, 0.15) is 37.9 Å². The number of allylic oxidation sites excluding steroid dienone is 1. The van der Waals surface area contributed by atoms with E-state index >= 15 is 0 Å². The van der Waals surface area contributed by atoms with Crippen molar-refractivity contribution in [1.29, 1.82) is 0 Å². The van der Waals surface area contributed by atoms with Crippen LogP contribution in [0, 0.1) is 10.1 Å². The third-order valence-corrected chi connectivity index (χ3v) is 7.44. The number of fused-ring (bicyclic) bond motifs is 1. The Hall–Kier alpha value is -4.69. The predicted octanol–water partition coefficient (Wildman–Crippen LogP) is 3.02. The summed E-state index contributed by atoms with van der Waals surface area (Å²) in [5.74, 6) is -1.46. The number of aromatic hydroxyl groups is 1. The number of methoxy groups -OCH3 is 1. The zero-order chi connectivity index (χ0) is 31.4. The maximum atomic E-state index is 13.9. The number of esters is 2. The number of nitro groups is 1. The zero-order valence-electron chi connectivity index (χ0n) is 23.4. The molecule has 15 heteroatoms. The fraction of sp³-hybridized carbons (Fsp3) is 0.286. The van der Waals surface area contributed by atoms with Gasteiger partial charge < -0.3 is 24.1 Å². The van der Waals surface area contributed by atoms with Crippen LogP contribution in [-0.4, -0.2) is 53.5 Å². The molecular weight excluding hydrogens is 606 g/mol. The lowest BCUT2D eigenvalue weighted by Crippen LogP contribution is -2.40. The fourth-order valence-electron chi connectivity index (χ4n) is 4.38. The molecule has 0 saturated heterocycles. The Balaban J connectivity index is 1.94. The molecule has 2 heterocycles. The molecule has 1 atom stereocenters. The van der Waals surface area contributed by atoms with Crippen LogP contribution in [0.15, 0.2) is 51.4 Å². The van der Waals surface area contributed by atoms with E-state index in [-0.39, 0.29) is 56.8 Å². The first-order valence-electron chi connectivity index (χ1n) is 12.8. The minimum Gasteiger partial charge on any atom is -0.502 e. The summed E-state index contributed by atoms with van der Waals surface area (Å²) in [6, 6.07) is 6.01. The van der Waals surface area contributed by atoms with Gasteiger partial charge in [0.2, 0.25) is 5.75 Å². The molecule has 13 nitrogen and oxygen atoms in total. The molecule has 0 saturated carbocycles. The second-order valence-corrected chi connectivity index (χ2v) is 10.4. The maximum Gasteiger partial charge on any atom is 0.343 e. The van der Waals surface area contributed by atoms with Crippen molar-refractivity contribution in [2.75, 3.05) is 26.9 Å². The summed E-state index contributed by atoms with van der Waals surface area (Å²) < 4.78 is 22.6. The second kappa shape index (κ2) is 13.1. The van der Waals surface area contributed by atoms with E-state index in [1.807, 2.05) is 0 Å². The van der Waals surface area contributed by atoms with Gasteiger partial charge in [0.15, 0.2) is 22.9 Å². The Morgan fingerprint density at radius 2 is 1.93 bits per heavy atom. The number of nitrogens with zero attached hydrogens (tertiary/aromatic N) is 3. The smallest absolute Gasteiger partial charge is 0.343 e. The van der Waals surface area contributed by atoms with E-state index < -0.39 is 39.9 Å². The Labute approximate surface area is 253 Å². The van der Waals surface area contributed by atoms with Crippen LogP contribution < -0.4 is 24.4 Å². The van der Waals surface area contributed by atoms with Crippen LogP contribution in [0.3, 0.4) is 0 Å². The lowest BCUT2D eigenvalue weighted by atomic mass is 9.95. The van der Waals surface area contributed by atoms with Crippen LogP contribution >= 0.6 is 22.9 Å². The number of hydrogen-bond acceptors (Lipinski definition) is 12. The lowest BCUT2D eigenvalue weighted by Gasteiger charge is -2.25. The fourth-order valence-corrected chi connectivity index (χ4v) is 5.64.